The Morgan fingerprint density at radius 1 is 0.947 bits per heavy atom. The zero-order chi connectivity index (χ0) is 12.7. The number of fused-ring (bicyclic) bond motifs is 2. The molecular weight excluding hydrogens is 232 g/mol. The molecule has 0 saturated heterocycles. The van der Waals surface area contributed by atoms with Gasteiger partial charge in [-0.15, -0.1) is 0 Å². The van der Waals surface area contributed by atoms with E-state index >= 15 is 0 Å². The summed E-state index contributed by atoms with van der Waals surface area (Å²) in [4.78, 5) is 3.68. The largest absolute Gasteiger partial charge is 0.360 e. The molecule has 1 aliphatic heterocycles. The molecule has 2 heterocycles. The fraction of sp³-hybridized carbons (Fsp3) is 0.412. The number of hydrogen-bond donors (Lipinski definition) is 2. The zero-order valence-corrected chi connectivity index (χ0v) is 11.2. The van der Waals surface area contributed by atoms with Crippen molar-refractivity contribution in [1.29, 1.82) is 0 Å². The average Bonchev–Trinajstić information content (AvgIpc) is 2.90. The summed E-state index contributed by atoms with van der Waals surface area (Å²) in [7, 11) is 0. The lowest BCUT2D eigenvalue weighted by atomic mass is 9.92. The third kappa shape index (κ3) is 1.91. The quantitative estimate of drug-likeness (QED) is 0.802. The molecule has 1 aliphatic carbocycles. The Morgan fingerprint density at radius 2 is 1.84 bits per heavy atom. The van der Waals surface area contributed by atoms with Crippen LogP contribution in [-0.4, -0.2) is 11.5 Å². The molecule has 19 heavy (non-hydrogen) atoms. The van der Waals surface area contributed by atoms with Crippen LogP contribution in [0.1, 0.15) is 47.0 Å². The van der Waals surface area contributed by atoms with Gasteiger partial charge < -0.3 is 10.3 Å². The van der Waals surface area contributed by atoms with Gasteiger partial charge in [-0.3, -0.25) is 0 Å². The molecule has 4 rings (SSSR count). The Morgan fingerprint density at radius 3 is 2.79 bits per heavy atom. The minimum Gasteiger partial charge on any atom is -0.360 e. The number of aromatic nitrogens is 1. The van der Waals surface area contributed by atoms with Crippen LogP contribution in [0.5, 0.6) is 0 Å². The first-order chi connectivity index (χ1) is 9.42. The molecule has 98 valence electrons. The summed E-state index contributed by atoms with van der Waals surface area (Å²) in [6, 6.07) is 11.6. The van der Waals surface area contributed by atoms with Crippen molar-refractivity contribution in [3.63, 3.8) is 0 Å². The number of benzene rings is 1. The Hall–Kier alpha value is -1.54. The van der Waals surface area contributed by atoms with E-state index in [0.717, 1.165) is 13.0 Å². The Kier molecular flexibility index (Phi) is 2.70. The van der Waals surface area contributed by atoms with Crippen LogP contribution in [-0.2, 0) is 19.3 Å². The van der Waals surface area contributed by atoms with Crippen molar-refractivity contribution in [3.8, 4) is 0 Å². The first kappa shape index (κ1) is 11.3. The molecular formula is C17H20N2. The van der Waals surface area contributed by atoms with E-state index in [2.05, 4.69) is 40.6 Å². The molecule has 0 bridgehead atoms. The van der Waals surface area contributed by atoms with E-state index in [1.807, 2.05) is 0 Å². The van der Waals surface area contributed by atoms with Gasteiger partial charge in [-0.05, 0) is 54.9 Å². The molecule has 0 saturated carbocycles. The molecule has 2 nitrogen and oxygen atoms in total. The molecule has 2 heteroatoms. The predicted octanol–water partition coefficient (Wildman–Crippen LogP) is 3.13. The fourth-order valence-electron chi connectivity index (χ4n) is 3.57. The van der Waals surface area contributed by atoms with E-state index in [1.165, 1.54) is 48.2 Å². The van der Waals surface area contributed by atoms with Crippen molar-refractivity contribution in [2.75, 3.05) is 6.54 Å². The molecule has 1 aromatic heterocycles. The lowest BCUT2D eigenvalue weighted by Gasteiger charge is -2.26. The molecule has 2 aliphatic rings. The van der Waals surface area contributed by atoms with Crippen LogP contribution in [0.2, 0.25) is 0 Å². The third-order valence-corrected chi connectivity index (χ3v) is 4.56. The van der Waals surface area contributed by atoms with Crippen molar-refractivity contribution in [3.05, 3.63) is 58.4 Å². The van der Waals surface area contributed by atoms with Crippen molar-refractivity contribution in [2.24, 2.45) is 0 Å². The number of H-pyrrole nitrogens is 1. The maximum Gasteiger partial charge on any atom is 0.0732 e. The lowest BCUT2D eigenvalue weighted by Crippen LogP contribution is -2.30. The van der Waals surface area contributed by atoms with Crippen LogP contribution >= 0.6 is 0 Å². The maximum absolute atomic E-state index is 3.68. The second-order valence-corrected chi connectivity index (χ2v) is 5.77. The van der Waals surface area contributed by atoms with Gasteiger partial charge in [0.1, 0.15) is 0 Å². The second kappa shape index (κ2) is 4.53. The molecule has 0 fully saturated rings. The predicted molar refractivity (Wildman–Crippen MR) is 77.4 cm³/mol. The topological polar surface area (TPSA) is 27.8 Å². The number of rotatable bonds is 1. The van der Waals surface area contributed by atoms with E-state index in [1.54, 1.807) is 5.56 Å². The Labute approximate surface area is 114 Å². The summed E-state index contributed by atoms with van der Waals surface area (Å²) in [6.07, 6.45) is 6.30. The van der Waals surface area contributed by atoms with Gasteiger partial charge in [0.15, 0.2) is 0 Å². The SMILES string of the molecule is c1ccc2c(c1)CCNC2c1cc2c([nH]1)CCCC2. The summed E-state index contributed by atoms with van der Waals surface area (Å²) in [5, 5.41) is 3.67. The smallest absolute Gasteiger partial charge is 0.0732 e. The van der Waals surface area contributed by atoms with Gasteiger partial charge in [0.2, 0.25) is 0 Å². The maximum atomic E-state index is 3.68. The number of aromatic amines is 1. The van der Waals surface area contributed by atoms with Gasteiger partial charge in [-0.2, -0.15) is 0 Å². The molecule has 1 unspecified atom stereocenters. The van der Waals surface area contributed by atoms with Crippen LogP contribution in [0, 0.1) is 0 Å². The molecule has 1 atom stereocenters. The lowest BCUT2D eigenvalue weighted by molar-refractivity contribution is 0.557. The number of aryl methyl sites for hydroxylation is 2. The van der Waals surface area contributed by atoms with Crippen molar-refractivity contribution < 1.29 is 0 Å². The highest BCUT2D eigenvalue weighted by Crippen LogP contribution is 2.31. The highest BCUT2D eigenvalue weighted by molar-refractivity contribution is 5.40. The van der Waals surface area contributed by atoms with E-state index < -0.39 is 0 Å². The van der Waals surface area contributed by atoms with E-state index in [0.29, 0.717) is 6.04 Å². The molecule has 0 amide bonds. The van der Waals surface area contributed by atoms with E-state index in [9.17, 15) is 0 Å². The second-order valence-electron chi connectivity index (χ2n) is 5.77. The Balaban J connectivity index is 1.75. The number of nitrogens with one attached hydrogen (secondary N) is 2. The summed E-state index contributed by atoms with van der Waals surface area (Å²) < 4.78 is 0. The van der Waals surface area contributed by atoms with Crippen LogP contribution in [0.25, 0.3) is 0 Å². The van der Waals surface area contributed by atoms with Gasteiger partial charge >= 0.3 is 0 Å². The highest BCUT2D eigenvalue weighted by atomic mass is 15.0. The highest BCUT2D eigenvalue weighted by Gasteiger charge is 2.23. The average molecular weight is 252 g/mol. The first-order valence-corrected chi connectivity index (χ1v) is 7.43. The van der Waals surface area contributed by atoms with Crippen molar-refractivity contribution in [1.82, 2.24) is 10.3 Å². The van der Waals surface area contributed by atoms with Gasteiger partial charge in [0.05, 0.1) is 6.04 Å². The Bertz CT molecular complexity index is 574. The van der Waals surface area contributed by atoms with Crippen molar-refractivity contribution >= 4 is 0 Å². The van der Waals surface area contributed by atoms with Gasteiger partial charge in [0, 0.05) is 17.9 Å². The summed E-state index contributed by atoms with van der Waals surface area (Å²) in [6.45, 7) is 1.07. The number of hydrogen-bond acceptors (Lipinski definition) is 1. The zero-order valence-electron chi connectivity index (χ0n) is 11.2. The molecule has 0 radical (unpaired) electrons. The van der Waals surface area contributed by atoms with Crippen LogP contribution in [0.3, 0.4) is 0 Å². The molecule has 0 spiro atoms. The van der Waals surface area contributed by atoms with Gasteiger partial charge in [0.25, 0.3) is 0 Å². The molecule has 2 N–H and O–H groups in total. The minimum atomic E-state index is 0.357. The van der Waals surface area contributed by atoms with E-state index in [-0.39, 0.29) is 0 Å². The van der Waals surface area contributed by atoms with Crippen molar-refractivity contribution in [2.45, 2.75) is 38.1 Å². The monoisotopic (exact) mass is 252 g/mol. The summed E-state index contributed by atoms with van der Waals surface area (Å²) >= 11 is 0. The molecule has 2 aromatic rings. The molecule has 1 aromatic carbocycles. The first-order valence-electron chi connectivity index (χ1n) is 7.43. The van der Waals surface area contributed by atoms with Crippen LogP contribution < -0.4 is 5.32 Å². The minimum absolute atomic E-state index is 0.357. The van der Waals surface area contributed by atoms with Gasteiger partial charge in [-0.25, -0.2) is 0 Å². The van der Waals surface area contributed by atoms with E-state index in [4.69, 9.17) is 0 Å². The summed E-state index contributed by atoms with van der Waals surface area (Å²) in [5.74, 6) is 0. The van der Waals surface area contributed by atoms with Gasteiger partial charge in [-0.1, -0.05) is 24.3 Å². The van der Waals surface area contributed by atoms with Crippen LogP contribution in [0.15, 0.2) is 30.3 Å². The normalized spacial score (nSPS) is 21.8. The third-order valence-electron chi connectivity index (χ3n) is 4.56. The van der Waals surface area contributed by atoms with Crippen LogP contribution in [0.4, 0.5) is 0 Å². The fourth-order valence-corrected chi connectivity index (χ4v) is 3.57. The standard InChI is InChI=1S/C17H20N2/c1-3-7-14-12(5-1)9-10-18-17(14)16-11-13-6-2-4-8-15(13)19-16/h1,3,5,7,11,17-19H,2,4,6,8-10H2. The summed E-state index contributed by atoms with van der Waals surface area (Å²) in [5.41, 5.74) is 7.34.